The highest BCUT2D eigenvalue weighted by atomic mass is 16.5. The first-order chi connectivity index (χ1) is 15.9. The topological polar surface area (TPSA) is 122 Å². The number of anilines is 1. The van der Waals surface area contributed by atoms with Gasteiger partial charge in [-0.3, -0.25) is 9.69 Å². The van der Waals surface area contributed by atoms with Crippen molar-refractivity contribution in [1.82, 2.24) is 5.32 Å². The Labute approximate surface area is 191 Å². The average molecular weight is 454 g/mol. The van der Waals surface area contributed by atoms with Crippen molar-refractivity contribution in [2.45, 2.75) is 44.9 Å². The number of carboxylic acid groups (broad SMARTS) is 1. The minimum Gasteiger partial charge on any atom is -0.480 e. The second-order valence-corrected chi connectivity index (χ2v) is 7.50. The number of nitrogens with one attached hydrogen (secondary N) is 1. The number of ether oxygens (including phenoxy) is 2. The van der Waals surface area contributed by atoms with Crippen molar-refractivity contribution >= 4 is 29.6 Å². The molecule has 3 rings (SSSR count). The van der Waals surface area contributed by atoms with Crippen molar-refractivity contribution in [3.8, 4) is 0 Å². The van der Waals surface area contributed by atoms with E-state index >= 15 is 0 Å². The Morgan fingerprint density at radius 1 is 1.06 bits per heavy atom. The Kier molecular flexibility index (Phi) is 8.01. The van der Waals surface area contributed by atoms with Gasteiger partial charge in [-0.25, -0.2) is 14.4 Å². The number of carbonyl (C=O) groups is 4. The van der Waals surface area contributed by atoms with Gasteiger partial charge >= 0.3 is 18.0 Å². The highest BCUT2D eigenvalue weighted by Gasteiger charge is 2.39. The van der Waals surface area contributed by atoms with Crippen LogP contribution in [0.2, 0.25) is 0 Å². The van der Waals surface area contributed by atoms with E-state index in [1.165, 1.54) is 4.90 Å². The Morgan fingerprint density at radius 3 is 2.45 bits per heavy atom. The van der Waals surface area contributed by atoms with Gasteiger partial charge in [0.15, 0.2) is 0 Å². The molecular formula is C24H26N2O7. The van der Waals surface area contributed by atoms with Crippen LogP contribution in [0.25, 0.3) is 0 Å². The largest absolute Gasteiger partial charge is 0.480 e. The fraction of sp³-hybridized carbons (Fsp3) is 0.333. The van der Waals surface area contributed by atoms with Crippen molar-refractivity contribution < 1.29 is 33.8 Å². The van der Waals surface area contributed by atoms with Crippen LogP contribution in [-0.2, 0) is 36.9 Å². The van der Waals surface area contributed by atoms with Gasteiger partial charge in [0.2, 0.25) is 5.91 Å². The van der Waals surface area contributed by atoms with Gasteiger partial charge in [-0.1, -0.05) is 48.5 Å². The molecular weight excluding hydrogens is 428 g/mol. The van der Waals surface area contributed by atoms with Gasteiger partial charge < -0.3 is 19.9 Å². The summed E-state index contributed by atoms with van der Waals surface area (Å²) in [5.41, 5.74) is 2.19. The number of hydrogen-bond donors (Lipinski definition) is 2. The number of aliphatic carboxylic acids is 1. The third kappa shape index (κ3) is 6.09. The number of carbonyl (C=O) groups excluding carboxylic acids is 3. The van der Waals surface area contributed by atoms with Crippen molar-refractivity contribution in [1.29, 1.82) is 0 Å². The molecule has 0 fully saturated rings. The summed E-state index contributed by atoms with van der Waals surface area (Å²) >= 11 is 0. The predicted octanol–water partition coefficient (Wildman–Crippen LogP) is 2.67. The van der Waals surface area contributed by atoms with Crippen molar-refractivity contribution in [3.63, 3.8) is 0 Å². The third-order valence-corrected chi connectivity index (χ3v) is 5.25. The summed E-state index contributed by atoms with van der Waals surface area (Å²) in [4.78, 5) is 50.5. The Balaban J connectivity index is 1.61. The smallest absolute Gasteiger partial charge is 0.408 e. The zero-order chi connectivity index (χ0) is 23.8. The molecule has 9 heteroatoms. The van der Waals surface area contributed by atoms with Crippen molar-refractivity contribution in [2.24, 2.45) is 0 Å². The molecule has 33 heavy (non-hydrogen) atoms. The Morgan fingerprint density at radius 2 is 1.76 bits per heavy atom. The molecule has 0 saturated carbocycles. The van der Waals surface area contributed by atoms with Crippen LogP contribution >= 0.6 is 0 Å². The summed E-state index contributed by atoms with van der Waals surface area (Å²) in [6, 6.07) is 14.0. The fourth-order valence-corrected chi connectivity index (χ4v) is 3.67. The van der Waals surface area contributed by atoms with E-state index < -0.39 is 36.0 Å². The van der Waals surface area contributed by atoms with E-state index in [0.717, 1.165) is 11.1 Å². The van der Waals surface area contributed by atoms with Crippen molar-refractivity contribution in [2.75, 3.05) is 11.5 Å². The van der Waals surface area contributed by atoms with Crippen LogP contribution in [0.3, 0.4) is 0 Å². The zero-order valence-electron chi connectivity index (χ0n) is 18.2. The standard InChI is InChI=1S/C24H26N2O7/c1-2-32-23(30)20-14-17-10-6-7-11-19(17)26(20)21(27)13-12-18(22(28)29)25-24(31)33-15-16-8-4-3-5-9-16/h3-11,18,20H,2,12-15H2,1H3,(H,25,31)(H,28,29)/t18-,20+/m1/s1. The first-order valence-electron chi connectivity index (χ1n) is 10.7. The highest BCUT2D eigenvalue weighted by Crippen LogP contribution is 2.33. The first-order valence-corrected chi connectivity index (χ1v) is 10.7. The summed E-state index contributed by atoms with van der Waals surface area (Å²) in [5.74, 6) is -2.23. The lowest BCUT2D eigenvalue weighted by Crippen LogP contribution is -2.45. The number of carboxylic acids is 1. The summed E-state index contributed by atoms with van der Waals surface area (Å²) in [7, 11) is 0. The molecule has 0 aliphatic carbocycles. The third-order valence-electron chi connectivity index (χ3n) is 5.25. The second kappa shape index (κ2) is 11.1. The number of amides is 2. The quantitative estimate of drug-likeness (QED) is 0.559. The number of para-hydroxylation sites is 1. The molecule has 174 valence electrons. The number of rotatable bonds is 9. The molecule has 2 N–H and O–H groups in total. The molecule has 0 aromatic heterocycles. The lowest BCUT2D eigenvalue weighted by Gasteiger charge is -2.25. The molecule has 9 nitrogen and oxygen atoms in total. The minimum absolute atomic E-state index is 0.0102. The van der Waals surface area contributed by atoms with E-state index in [1.54, 1.807) is 43.3 Å². The molecule has 2 aromatic rings. The molecule has 2 amide bonds. The van der Waals surface area contributed by atoms with Gasteiger partial charge in [-0.15, -0.1) is 0 Å². The molecule has 2 aromatic carbocycles. The molecule has 0 bridgehead atoms. The first kappa shape index (κ1) is 23.8. The zero-order valence-corrected chi connectivity index (χ0v) is 18.2. The van der Waals surface area contributed by atoms with Gasteiger partial charge in [-0.05, 0) is 30.5 Å². The second-order valence-electron chi connectivity index (χ2n) is 7.50. The number of fused-ring (bicyclic) bond motifs is 1. The number of hydrogen-bond acceptors (Lipinski definition) is 6. The average Bonchev–Trinajstić information content (AvgIpc) is 3.21. The van der Waals surface area contributed by atoms with E-state index in [9.17, 15) is 24.3 Å². The van der Waals surface area contributed by atoms with E-state index in [4.69, 9.17) is 9.47 Å². The molecule has 0 spiro atoms. The maximum atomic E-state index is 13.0. The molecule has 0 radical (unpaired) electrons. The molecule has 2 atom stereocenters. The lowest BCUT2D eigenvalue weighted by atomic mass is 10.1. The predicted molar refractivity (Wildman–Crippen MR) is 118 cm³/mol. The molecule has 0 saturated heterocycles. The molecule has 0 unspecified atom stereocenters. The highest BCUT2D eigenvalue weighted by molar-refractivity contribution is 6.02. The molecule has 1 aliphatic heterocycles. The monoisotopic (exact) mass is 454 g/mol. The van der Waals surface area contributed by atoms with Gasteiger partial charge in [0, 0.05) is 18.5 Å². The summed E-state index contributed by atoms with van der Waals surface area (Å²) in [5, 5.41) is 11.8. The number of alkyl carbamates (subject to hydrolysis) is 1. The Hall–Kier alpha value is -3.88. The number of benzene rings is 2. The molecule has 1 heterocycles. The van der Waals surface area contributed by atoms with Crippen LogP contribution < -0.4 is 10.2 Å². The van der Waals surface area contributed by atoms with Gasteiger partial charge in [-0.2, -0.15) is 0 Å². The van der Waals surface area contributed by atoms with Gasteiger partial charge in [0.25, 0.3) is 0 Å². The van der Waals surface area contributed by atoms with E-state index in [-0.39, 0.29) is 26.1 Å². The van der Waals surface area contributed by atoms with Crippen molar-refractivity contribution in [3.05, 3.63) is 65.7 Å². The fourth-order valence-electron chi connectivity index (χ4n) is 3.67. The van der Waals surface area contributed by atoms with Crippen LogP contribution in [0.5, 0.6) is 0 Å². The summed E-state index contributed by atoms with van der Waals surface area (Å²) in [6.07, 6.45) is -0.925. The van der Waals surface area contributed by atoms with Crippen LogP contribution in [0, 0.1) is 0 Å². The maximum absolute atomic E-state index is 13.0. The Bertz CT molecular complexity index is 1010. The van der Waals surface area contributed by atoms with E-state index in [2.05, 4.69) is 5.32 Å². The van der Waals surface area contributed by atoms with Gasteiger partial charge in [0.05, 0.1) is 6.61 Å². The van der Waals surface area contributed by atoms with E-state index in [1.807, 2.05) is 18.2 Å². The molecule has 1 aliphatic rings. The van der Waals surface area contributed by atoms with Crippen LogP contribution in [0.15, 0.2) is 54.6 Å². The summed E-state index contributed by atoms with van der Waals surface area (Å²) in [6.45, 7) is 1.86. The van der Waals surface area contributed by atoms with Crippen LogP contribution in [-0.4, -0.2) is 47.7 Å². The van der Waals surface area contributed by atoms with Crippen LogP contribution in [0.4, 0.5) is 10.5 Å². The number of esters is 1. The number of nitrogens with zero attached hydrogens (tertiary/aromatic N) is 1. The van der Waals surface area contributed by atoms with E-state index in [0.29, 0.717) is 12.1 Å². The summed E-state index contributed by atoms with van der Waals surface area (Å²) < 4.78 is 10.2. The normalized spacial score (nSPS) is 15.3. The SMILES string of the molecule is CCOC(=O)[C@@H]1Cc2ccccc2N1C(=O)CC[C@@H](NC(=O)OCc1ccccc1)C(=O)O. The maximum Gasteiger partial charge on any atom is 0.408 e. The lowest BCUT2D eigenvalue weighted by molar-refractivity contribution is -0.146. The van der Waals surface area contributed by atoms with Gasteiger partial charge in [0.1, 0.15) is 18.7 Å². The minimum atomic E-state index is -1.32. The van der Waals surface area contributed by atoms with Crippen LogP contribution in [0.1, 0.15) is 30.9 Å².